The van der Waals surface area contributed by atoms with Crippen LogP contribution in [-0.4, -0.2) is 22.8 Å². The van der Waals surface area contributed by atoms with E-state index >= 15 is 0 Å². The number of rotatable bonds is 2. The molecule has 3 nitrogen and oxygen atoms in total. The number of aromatic hydroxyl groups is 1. The molecule has 0 radical (unpaired) electrons. The molecule has 5 heteroatoms. The van der Waals surface area contributed by atoms with Crippen LogP contribution in [0.15, 0.2) is 42.6 Å². The molecular weight excluding hydrogens is 334 g/mol. The van der Waals surface area contributed by atoms with Crippen molar-refractivity contribution in [3.8, 4) is 11.4 Å². The van der Waals surface area contributed by atoms with E-state index in [0.717, 1.165) is 43.4 Å². The highest BCUT2D eigenvalue weighted by Crippen LogP contribution is 2.34. The van der Waals surface area contributed by atoms with Gasteiger partial charge in [0.2, 0.25) is 0 Å². The maximum atomic E-state index is 14.4. The molecule has 1 saturated heterocycles. The van der Waals surface area contributed by atoms with E-state index in [-0.39, 0.29) is 5.52 Å². The van der Waals surface area contributed by atoms with E-state index < -0.39 is 17.4 Å². The zero-order chi connectivity index (χ0) is 18.5. The minimum atomic E-state index is -0.948. The minimum absolute atomic E-state index is 0.177. The summed E-state index contributed by atoms with van der Waals surface area (Å²) in [6, 6.07) is 10.7. The monoisotopic (exact) mass is 356 g/mol. The second kappa shape index (κ2) is 6.01. The molecule has 1 fully saturated rings. The van der Waals surface area contributed by atoms with Crippen molar-refractivity contribution < 1.29 is 13.9 Å². The van der Waals surface area contributed by atoms with Crippen molar-refractivity contribution in [2.24, 2.45) is 5.41 Å². The van der Waals surface area contributed by atoms with Gasteiger partial charge in [0.1, 0.15) is 0 Å². The molecule has 3 aromatic rings. The lowest BCUT2D eigenvalue weighted by Crippen LogP contribution is -2.37. The summed E-state index contributed by atoms with van der Waals surface area (Å²) in [7, 11) is 0. The second-order valence-electron chi connectivity index (χ2n) is 7.81. The minimum Gasteiger partial charge on any atom is -0.503 e. The Bertz CT molecular complexity index is 950. The molecule has 4 rings (SSSR count). The predicted octanol–water partition coefficient (Wildman–Crippen LogP) is 5.24. The van der Waals surface area contributed by atoms with Gasteiger partial charge in [0.15, 0.2) is 17.4 Å². The van der Waals surface area contributed by atoms with Crippen molar-refractivity contribution in [3.63, 3.8) is 0 Å². The van der Waals surface area contributed by atoms with Gasteiger partial charge >= 0.3 is 0 Å². The Hall–Kier alpha value is -2.56. The lowest BCUT2D eigenvalue weighted by molar-refractivity contribution is 0.280. The molecule has 2 aromatic carbocycles. The van der Waals surface area contributed by atoms with Gasteiger partial charge in [-0.25, -0.2) is 8.78 Å². The number of benzene rings is 2. The van der Waals surface area contributed by atoms with E-state index in [1.807, 2.05) is 24.3 Å². The standard InChI is InChI=1S/C21H22F2N2O/c1-21(2)8-11-24(12-9-21)15-3-5-16(6-4-15)25-10-7-14-13-17(22)20(26)18(23)19(14)25/h3-7,10,13,26H,8-9,11-12H2,1-2H3. The highest BCUT2D eigenvalue weighted by Gasteiger charge is 2.25. The van der Waals surface area contributed by atoms with Gasteiger partial charge in [0.05, 0.1) is 5.52 Å². The number of fused-ring (bicyclic) bond motifs is 1. The van der Waals surface area contributed by atoms with Gasteiger partial charge < -0.3 is 14.6 Å². The molecule has 0 unspecified atom stereocenters. The van der Waals surface area contributed by atoms with Crippen LogP contribution in [0.2, 0.25) is 0 Å². The first-order valence-electron chi connectivity index (χ1n) is 8.89. The smallest absolute Gasteiger partial charge is 0.192 e. The number of anilines is 1. The topological polar surface area (TPSA) is 28.4 Å². The molecule has 1 aromatic heterocycles. The molecule has 0 aliphatic carbocycles. The zero-order valence-corrected chi connectivity index (χ0v) is 15.0. The third-order valence-electron chi connectivity index (χ3n) is 5.45. The first kappa shape index (κ1) is 16.9. The number of piperidine rings is 1. The summed E-state index contributed by atoms with van der Waals surface area (Å²) in [6.07, 6.45) is 4.01. The summed E-state index contributed by atoms with van der Waals surface area (Å²) in [6.45, 7) is 6.66. The third kappa shape index (κ3) is 2.81. The SMILES string of the molecule is CC1(C)CCN(c2ccc(-n3ccc4cc(F)c(O)c(F)c43)cc2)CC1. The van der Waals surface area contributed by atoms with Gasteiger partial charge in [-0.3, -0.25) is 0 Å². The van der Waals surface area contributed by atoms with E-state index in [0.29, 0.717) is 10.8 Å². The van der Waals surface area contributed by atoms with Crippen molar-refractivity contribution in [3.05, 3.63) is 54.2 Å². The summed E-state index contributed by atoms with van der Waals surface area (Å²) in [5.41, 5.74) is 2.49. The van der Waals surface area contributed by atoms with Crippen LogP contribution < -0.4 is 4.90 Å². The van der Waals surface area contributed by atoms with Crippen molar-refractivity contribution in [1.82, 2.24) is 4.57 Å². The highest BCUT2D eigenvalue weighted by molar-refractivity contribution is 5.84. The molecule has 136 valence electrons. The van der Waals surface area contributed by atoms with Crippen molar-refractivity contribution in [2.75, 3.05) is 18.0 Å². The first-order valence-corrected chi connectivity index (χ1v) is 8.89. The Morgan fingerprint density at radius 1 is 0.962 bits per heavy atom. The molecular formula is C21H22F2N2O. The van der Waals surface area contributed by atoms with Crippen LogP contribution in [0.1, 0.15) is 26.7 Å². The number of hydrogen-bond donors (Lipinski definition) is 1. The Kier molecular flexibility index (Phi) is 3.90. The molecule has 2 heterocycles. The maximum Gasteiger partial charge on any atom is 0.192 e. The molecule has 0 spiro atoms. The van der Waals surface area contributed by atoms with Crippen molar-refractivity contribution >= 4 is 16.6 Å². The molecule has 26 heavy (non-hydrogen) atoms. The molecule has 0 atom stereocenters. The highest BCUT2D eigenvalue weighted by atomic mass is 19.1. The predicted molar refractivity (Wildman–Crippen MR) is 100 cm³/mol. The summed E-state index contributed by atoms with van der Waals surface area (Å²) >= 11 is 0. The van der Waals surface area contributed by atoms with Gasteiger partial charge in [-0.2, -0.15) is 0 Å². The normalized spacial score (nSPS) is 17.0. The van der Waals surface area contributed by atoms with Gasteiger partial charge in [0.25, 0.3) is 0 Å². The quantitative estimate of drug-likeness (QED) is 0.680. The fourth-order valence-electron chi connectivity index (χ4n) is 3.63. The van der Waals surface area contributed by atoms with Crippen LogP contribution in [0, 0.1) is 17.0 Å². The van der Waals surface area contributed by atoms with Crippen LogP contribution in [0.25, 0.3) is 16.6 Å². The van der Waals surface area contributed by atoms with Gasteiger partial charge in [-0.15, -0.1) is 0 Å². The summed E-state index contributed by atoms with van der Waals surface area (Å²) in [5.74, 6) is -2.83. The average Bonchev–Trinajstić information content (AvgIpc) is 3.04. The summed E-state index contributed by atoms with van der Waals surface area (Å²) < 4.78 is 29.5. The lowest BCUT2D eigenvalue weighted by atomic mass is 9.82. The van der Waals surface area contributed by atoms with Crippen LogP contribution >= 0.6 is 0 Å². The molecule has 0 amide bonds. The number of phenols is 1. The number of hydrogen-bond acceptors (Lipinski definition) is 2. The summed E-state index contributed by atoms with van der Waals surface area (Å²) in [4.78, 5) is 2.37. The molecule has 1 aliphatic heterocycles. The second-order valence-corrected chi connectivity index (χ2v) is 7.81. The van der Waals surface area contributed by atoms with Gasteiger partial charge in [-0.05, 0) is 54.7 Å². The van der Waals surface area contributed by atoms with Crippen LogP contribution in [0.5, 0.6) is 5.75 Å². The van der Waals surface area contributed by atoms with Gasteiger partial charge in [0, 0.05) is 36.0 Å². The Balaban J connectivity index is 1.66. The van der Waals surface area contributed by atoms with E-state index in [1.165, 1.54) is 0 Å². The Labute approximate surface area is 151 Å². The Morgan fingerprint density at radius 2 is 1.58 bits per heavy atom. The van der Waals surface area contributed by atoms with E-state index in [4.69, 9.17) is 0 Å². The molecule has 1 aliphatic rings. The molecule has 1 N–H and O–H groups in total. The fraction of sp³-hybridized carbons (Fsp3) is 0.333. The number of aromatic nitrogens is 1. The number of phenolic OH excluding ortho intramolecular Hbond substituents is 1. The Morgan fingerprint density at radius 3 is 2.23 bits per heavy atom. The zero-order valence-electron chi connectivity index (χ0n) is 15.0. The number of halogens is 2. The summed E-state index contributed by atoms with van der Waals surface area (Å²) in [5, 5.41) is 10.00. The van der Waals surface area contributed by atoms with Crippen LogP contribution in [-0.2, 0) is 0 Å². The van der Waals surface area contributed by atoms with E-state index in [1.54, 1.807) is 16.8 Å². The first-order chi connectivity index (χ1) is 12.4. The largest absolute Gasteiger partial charge is 0.503 e. The van der Waals surface area contributed by atoms with E-state index in [9.17, 15) is 13.9 Å². The number of nitrogens with zero attached hydrogens (tertiary/aromatic N) is 2. The van der Waals surface area contributed by atoms with Gasteiger partial charge in [-0.1, -0.05) is 13.8 Å². The molecule has 0 bridgehead atoms. The lowest BCUT2D eigenvalue weighted by Gasteiger charge is -2.38. The van der Waals surface area contributed by atoms with E-state index in [2.05, 4.69) is 18.7 Å². The van der Waals surface area contributed by atoms with Crippen molar-refractivity contribution in [2.45, 2.75) is 26.7 Å². The van der Waals surface area contributed by atoms with Crippen LogP contribution in [0.3, 0.4) is 0 Å². The maximum absolute atomic E-state index is 14.4. The fourth-order valence-corrected chi connectivity index (χ4v) is 3.63. The van der Waals surface area contributed by atoms with Crippen LogP contribution in [0.4, 0.5) is 14.5 Å². The average molecular weight is 356 g/mol. The van der Waals surface area contributed by atoms with Crippen molar-refractivity contribution in [1.29, 1.82) is 0 Å². The molecule has 0 saturated carbocycles. The third-order valence-corrected chi connectivity index (χ3v) is 5.45.